The summed E-state index contributed by atoms with van der Waals surface area (Å²) < 4.78 is 65.9. The molecule has 0 radical (unpaired) electrons. The number of alkyl halides is 3. The molecular formula is C27H20F3N5O4S. The smallest absolute Gasteiger partial charge is 0.326 e. The number of benzene rings is 3. The maximum atomic E-state index is 13.6. The highest BCUT2D eigenvalue weighted by atomic mass is 32.2. The Labute approximate surface area is 227 Å². The molecule has 0 saturated heterocycles. The topological polar surface area (TPSA) is 123 Å². The second-order valence-corrected chi connectivity index (χ2v) is 11.1. The molecule has 9 nitrogen and oxygen atoms in total. The third-order valence-corrected chi connectivity index (χ3v) is 7.63. The summed E-state index contributed by atoms with van der Waals surface area (Å²) in [5.74, 6) is -0.698. The molecule has 2 N–H and O–H groups in total. The third kappa shape index (κ3) is 4.85. The van der Waals surface area contributed by atoms with Gasteiger partial charge in [0.05, 0.1) is 57.3 Å². The van der Waals surface area contributed by atoms with E-state index < -0.39 is 39.6 Å². The number of rotatable bonds is 4. The Morgan fingerprint density at radius 3 is 2.33 bits per heavy atom. The van der Waals surface area contributed by atoms with E-state index in [9.17, 15) is 36.4 Å². The first kappa shape index (κ1) is 26.8. The number of hydrogen-bond acceptors (Lipinski definition) is 6. The van der Waals surface area contributed by atoms with Gasteiger partial charge in [-0.15, -0.1) is 0 Å². The van der Waals surface area contributed by atoms with Gasteiger partial charge < -0.3 is 5.32 Å². The number of carbonyl (C=O) groups is 2. The number of carbonyl (C=O) groups excluding carboxylic acids is 2. The minimum Gasteiger partial charge on any atom is -0.326 e. The maximum absolute atomic E-state index is 13.6. The normalized spacial score (nSPS) is 17.6. The van der Waals surface area contributed by atoms with Crippen molar-refractivity contribution in [3.8, 4) is 6.07 Å². The number of nitrogens with one attached hydrogen (secondary N) is 2. The zero-order valence-corrected chi connectivity index (χ0v) is 21.5. The molecule has 0 fully saturated rings. The van der Waals surface area contributed by atoms with Crippen LogP contribution in [-0.4, -0.2) is 33.2 Å². The summed E-state index contributed by atoms with van der Waals surface area (Å²) in [6, 6.07) is 16.3. The highest BCUT2D eigenvalue weighted by Crippen LogP contribution is 2.40. The Hall–Kier alpha value is -4.83. The molecule has 2 heterocycles. The lowest BCUT2D eigenvalue weighted by Crippen LogP contribution is -2.59. The molecule has 3 aromatic carbocycles. The number of nitriles is 1. The zero-order valence-electron chi connectivity index (χ0n) is 20.7. The van der Waals surface area contributed by atoms with Crippen LogP contribution in [0.5, 0.6) is 0 Å². The van der Waals surface area contributed by atoms with E-state index in [1.165, 1.54) is 23.2 Å². The van der Waals surface area contributed by atoms with Gasteiger partial charge in [-0.3, -0.25) is 20.1 Å². The number of para-hydroxylation sites is 1. The van der Waals surface area contributed by atoms with Gasteiger partial charge in [-0.25, -0.2) is 13.2 Å². The SMILES string of the molecule is CS(=O)(=O)c1cc(C#N)ccc1C1NC(=O)N(c2cccc(C(F)(F)F)c2)C2=C1C(=O)NN(c1ccccc1)C2. The molecule has 3 aromatic rings. The van der Waals surface area contributed by atoms with Crippen LogP contribution in [0.15, 0.2) is 89.0 Å². The summed E-state index contributed by atoms with van der Waals surface area (Å²) in [7, 11) is -3.94. The predicted molar refractivity (Wildman–Crippen MR) is 138 cm³/mol. The van der Waals surface area contributed by atoms with Crippen molar-refractivity contribution >= 4 is 33.2 Å². The Bertz CT molecular complexity index is 1720. The van der Waals surface area contributed by atoms with Crippen molar-refractivity contribution in [2.75, 3.05) is 22.7 Å². The summed E-state index contributed by atoms with van der Waals surface area (Å²) in [5.41, 5.74) is 2.22. The summed E-state index contributed by atoms with van der Waals surface area (Å²) in [5, 5.41) is 13.3. The third-order valence-electron chi connectivity index (χ3n) is 6.48. The van der Waals surface area contributed by atoms with E-state index >= 15 is 0 Å². The first-order valence-corrected chi connectivity index (χ1v) is 13.7. The maximum Gasteiger partial charge on any atom is 0.416 e. The van der Waals surface area contributed by atoms with Crippen LogP contribution >= 0.6 is 0 Å². The van der Waals surface area contributed by atoms with Crippen molar-refractivity contribution in [2.45, 2.75) is 17.1 Å². The van der Waals surface area contributed by atoms with Crippen molar-refractivity contribution in [3.63, 3.8) is 0 Å². The largest absolute Gasteiger partial charge is 0.416 e. The summed E-state index contributed by atoms with van der Waals surface area (Å²) in [6.45, 7) is -0.129. The molecule has 40 heavy (non-hydrogen) atoms. The van der Waals surface area contributed by atoms with Gasteiger partial charge in [0.2, 0.25) is 0 Å². The molecule has 0 aromatic heterocycles. The van der Waals surface area contributed by atoms with Crippen molar-refractivity contribution in [1.82, 2.24) is 10.7 Å². The number of halogens is 3. The van der Waals surface area contributed by atoms with Crippen LogP contribution in [0.25, 0.3) is 0 Å². The molecule has 0 spiro atoms. The molecule has 0 bridgehead atoms. The van der Waals surface area contributed by atoms with Gasteiger partial charge in [0, 0.05) is 6.26 Å². The fourth-order valence-corrected chi connectivity index (χ4v) is 5.67. The van der Waals surface area contributed by atoms with E-state index in [-0.39, 0.29) is 39.5 Å². The fourth-order valence-electron chi connectivity index (χ4n) is 4.71. The molecule has 2 aliphatic rings. The number of hydrogen-bond donors (Lipinski definition) is 2. The Morgan fingerprint density at radius 1 is 0.975 bits per heavy atom. The lowest BCUT2D eigenvalue weighted by atomic mass is 9.91. The second-order valence-electron chi connectivity index (χ2n) is 9.13. The van der Waals surface area contributed by atoms with Gasteiger partial charge in [0.15, 0.2) is 9.84 Å². The minimum absolute atomic E-state index is 0.0364. The second kappa shape index (κ2) is 9.73. The van der Waals surface area contributed by atoms with Gasteiger partial charge in [0.25, 0.3) is 5.91 Å². The number of hydrazine groups is 1. The van der Waals surface area contributed by atoms with E-state index in [4.69, 9.17) is 0 Å². The van der Waals surface area contributed by atoms with Crippen molar-refractivity contribution < 1.29 is 31.2 Å². The highest BCUT2D eigenvalue weighted by molar-refractivity contribution is 7.90. The van der Waals surface area contributed by atoms with Crippen LogP contribution in [0.3, 0.4) is 0 Å². The number of anilines is 2. The molecule has 1 atom stereocenters. The average Bonchev–Trinajstić information content (AvgIpc) is 2.91. The zero-order chi connectivity index (χ0) is 28.8. The van der Waals surface area contributed by atoms with Crippen LogP contribution in [0, 0.1) is 11.3 Å². The number of sulfone groups is 1. The molecule has 3 amide bonds. The van der Waals surface area contributed by atoms with E-state index in [1.54, 1.807) is 30.3 Å². The summed E-state index contributed by atoms with van der Waals surface area (Å²) in [4.78, 5) is 27.9. The molecular weight excluding hydrogens is 547 g/mol. The number of urea groups is 1. The molecule has 0 aliphatic carbocycles. The van der Waals surface area contributed by atoms with Crippen molar-refractivity contribution in [1.29, 1.82) is 5.26 Å². The van der Waals surface area contributed by atoms with E-state index in [1.807, 2.05) is 6.07 Å². The fraction of sp³-hybridized carbons (Fsp3) is 0.148. The number of amides is 3. The van der Waals surface area contributed by atoms with E-state index in [0.29, 0.717) is 5.69 Å². The Morgan fingerprint density at radius 2 is 1.68 bits per heavy atom. The predicted octanol–water partition coefficient (Wildman–Crippen LogP) is 4.06. The molecule has 204 valence electrons. The Kier molecular flexibility index (Phi) is 6.51. The minimum atomic E-state index is -4.69. The number of nitrogens with zero attached hydrogens (tertiary/aromatic N) is 3. The molecule has 1 unspecified atom stereocenters. The van der Waals surface area contributed by atoms with Crippen LogP contribution in [-0.2, 0) is 20.8 Å². The van der Waals surface area contributed by atoms with E-state index in [0.717, 1.165) is 35.4 Å². The Balaban J connectivity index is 1.73. The standard InChI is InChI=1S/C27H20F3N5O4S/c1-40(38,39)22-12-16(14-31)10-11-20(22)24-23-21(15-34(33-25(23)36)18-7-3-2-4-8-18)35(26(37)32-24)19-9-5-6-17(13-19)27(28,29)30/h2-13,24H,15H2,1H3,(H,32,37)(H,33,36). The van der Waals surface area contributed by atoms with Gasteiger partial charge in [-0.05, 0) is 48.0 Å². The summed E-state index contributed by atoms with van der Waals surface area (Å²) >= 11 is 0. The first-order chi connectivity index (χ1) is 18.9. The monoisotopic (exact) mass is 567 g/mol. The van der Waals surface area contributed by atoms with Crippen LogP contribution in [0.4, 0.5) is 29.3 Å². The van der Waals surface area contributed by atoms with Gasteiger partial charge >= 0.3 is 12.2 Å². The average molecular weight is 568 g/mol. The van der Waals surface area contributed by atoms with Crippen LogP contribution in [0.2, 0.25) is 0 Å². The van der Waals surface area contributed by atoms with Crippen molar-refractivity contribution in [3.05, 3.63) is 101 Å². The summed E-state index contributed by atoms with van der Waals surface area (Å²) in [6.07, 6.45) is -3.76. The quantitative estimate of drug-likeness (QED) is 0.491. The molecule has 2 aliphatic heterocycles. The molecule has 13 heteroatoms. The van der Waals surface area contributed by atoms with Gasteiger partial charge in [0.1, 0.15) is 0 Å². The van der Waals surface area contributed by atoms with Gasteiger partial charge in [-0.2, -0.15) is 18.4 Å². The molecule has 5 rings (SSSR count). The first-order valence-electron chi connectivity index (χ1n) is 11.8. The van der Waals surface area contributed by atoms with E-state index in [2.05, 4.69) is 10.7 Å². The highest BCUT2D eigenvalue weighted by Gasteiger charge is 2.43. The molecule has 0 saturated carbocycles. The van der Waals surface area contributed by atoms with Crippen molar-refractivity contribution in [2.24, 2.45) is 0 Å². The lowest BCUT2D eigenvalue weighted by molar-refractivity contribution is -0.137. The van der Waals surface area contributed by atoms with Crippen LogP contribution in [0.1, 0.15) is 22.7 Å². The van der Waals surface area contributed by atoms with Crippen LogP contribution < -0.4 is 20.7 Å². The van der Waals surface area contributed by atoms with Gasteiger partial charge in [-0.1, -0.05) is 30.3 Å². The lowest BCUT2D eigenvalue weighted by Gasteiger charge is -2.43.